The maximum absolute atomic E-state index is 13.4. The number of aromatic nitrogens is 2. The molecule has 3 heterocycles. The second kappa shape index (κ2) is 7.30. The van der Waals surface area contributed by atoms with Crippen LogP contribution in [0.3, 0.4) is 0 Å². The SMILES string of the molecule is COc1noc2cc(-c3cccc4cc(C(=O)N5CCC(F)(F)CC5)cnc34)ccc12. The Hall–Kier alpha value is -3.55. The fourth-order valence-electron chi connectivity index (χ4n) is 3.96. The van der Waals surface area contributed by atoms with Gasteiger partial charge >= 0.3 is 0 Å². The monoisotopic (exact) mass is 423 g/mol. The summed E-state index contributed by atoms with van der Waals surface area (Å²) in [6.45, 7) is 0.0924. The fraction of sp³-hybridized carbons (Fsp3) is 0.261. The first-order valence-electron chi connectivity index (χ1n) is 9.95. The van der Waals surface area contributed by atoms with Crippen molar-refractivity contribution in [3.8, 4) is 17.0 Å². The molecule has 2 aromatic carbocycles. The van der Waals surface area contributed by atoms with Gasteiger partial charge in [-0.1, -0.05) is 24.3 Å². The van der Waals surface area contributed by atoms with E-state index < -0.39 is 5.92 Å². The first kappa shape index (κ1) is 19.4. The highest BCUT2D eigenvalue weighted by atomic mass is 19.3. The van der Waals surface area contributed by atoms with Crippen molar-refractivity contribution in [3.63, 3.8) is 0 Å². The van der Waals surface area contributed by atoms with Crippen LogP contribution in [-0.2, 0) is 0 Å². The predicted octanol–water partition coefficient (Wildman–Crippen LogP) is 4.92. The summed E-state index contributed by atoms with van der Waals surface area (Å²) in [6, 6.07) is 13.2. The molecule has 0 atom stereocenters. The largest absolute Gasteiger partial charge is 0.478 e. The Bertz CT molecular complexity index is 1290. The van der Waals surface area contributed by atoms with Crippen LogP contribution in [0.5, 0.6) is 5.88 Å². The van der Waals surface area contributed by atoms with Crippen molar-refractivity contribution in [2.45, 2.75) is 18.8 Å². The van der Waals surface area contributed by atoms with Crippen LogP contribution in [-0.4, -0.2) is 47.1 Å². The molecule has 1 amide bonds. The third-order valence-corrected chi connectivity index (χ3v) is 5.68. The van der Waals surface area contributed by atoms with Gasteiger partial charge in [0.15, 0.2) is 5.58 Å². The normalized spacial score (nSPS) is 16.0. The van der Waals surface area contributed by atoms with Crippen molar-refractivity contribution < 1.29 is 22.8 Å². The lowest BCUT2D eigenvalue weighted by Gasteiger charge is -2.31. The van der Waals surface area contributed by atoms with E-state index in [1.165, 1.54) is 18.2 Å². The number of alkyl halides is 2. The Morgan fingerprint density at radius 2 is 1.97 bits per heavy atom. The Morgan fingerprint density at radius 3 is 2.74 bits per heavy atom. The molecule has 4 aromatic rings. The van der Waals surface area contributed by atoms with E-state index in [4.69, 9.17) is 9.26 Å². The molecule has 8 heteroatoms. The number of hydrogen-bond donors (Lipinski definition) is 0. The third-order valence-electron chi connectivity index (χ3n) is 5.68. The summed E-state index contributed by atoms with van der Waals surface area (Å²) < 4.78 is 37.4. The number of rotatable bonds is 3. The lowest BCUT2D eigenvalue weighted by Crippen LogP contribution is -2.42. The predicted molar refractivity (Wildman–Crippen MR) is 111 cm³/mol. The zero-order chi connectivity index (χ0) is 21.6. The van der Waals surface area contributed by atoms with Crippen LogP contribution in [0.4, 0.5) is 8.78 Å². The van der Waals surface area contributed by atoms with Crippen LogP contribution < -0.4 is 4.74 Å². The number of ether oxygens (including phenoxy) is 1. The van der Waals surface area contributed by atoms with Crippen molar-refractivity contribution >= 4 is 27.8 Å². The van der Waals surface area contributed by atoms with Gasteiger partial charge in [0.25, 0.3) is 17.7 Å². The van der Waals surface area contributed by atoms with Gasteiger partial charge in [-0.15, -0.1) is 0 Å². The highest BCUT2D eigenvalue weighted by molar-refractivity contribution is 6.01. The van der Waals surface area contributed by atoms with Crippen molar-refractivity contribution in [2.75, 3.05) is 20.2 Å². The van der Waals surface area contributed by atoms with Crippen LogP contribution in [0.15, 0.2) is 53.2 Å². The van der Waals surface area contributed by atoms with Crippen LogP contribution >= 0.6 is 0 Å². The van der Waals surface area contributed by atoms with E-state index in [-0.39, 0.29) is 31.8 Å². The summed E-state index contributed by atoms with van der Waals surface area (Å²) in [4.78, 5) is 18.8. The van der Waals surface area contributed by atoms with Crippen molar-refractivity contribution in [1.29, 1.82) is 0 Å². The van der Waals surface area contributed by atoms with E-state index in [0.29, 0.717) is 17.0 Å². The molecule has 5 rings (SSSR count). The Kier molecular flexibility index (Phi) is 4.57. The lowest BCUT2D eigenvalue weighted by atomic mass is 10.00. The van der Waals surface area contributed by atoms with Gasteiger partial charge in [0.05, 0.1) is 23.6 Å². The van der Waals surface area contributed by atoms with Gasteiger partial charge in [0, 0.05) is 43.1 Å². The fourth-order valence-corrected chi connectivity index (χ4v) is 3.96. The van der Waals surface area contributed by atoms with Gasteiger partial charge in [-0.25, -0.2) is 8.78 Å². The van der Waals surface area contributed by atoms with Gasteiger partial charge in [-0.2, -0.15) is 0 Å². The highest BCUT2D eigenvalue weighted by Crippen LogP contribution is 2.33. The minimum Gasteiger partial charge on any atom is -0.478 e. The van der Waals surface area contributed by atoms with Gasteiger partial charge in [-0.3, -0.25) is 9.78 Å². The molecule has 0 saturated carbocycles. The van der Waals surface area contributed by atoms with E-state index in [1.54, 1.807) is 6.07 Å². The minimum atomic E-state index is -2.69. The van der Waals surface area contributed by atoms with Gasteiger partial charge in [0.1, 0.15) is 0 Å². The summed E-state index contributed by atoms with van der Waals surface area (Å²) in [5.41, 5.74) is 3.49. The molecule has 1 fully saturated rings. The van der Waals surface area contributed by atoms with Gasteiger partial charge < -0.3 is 14.2 Å². The molecule has 1 saturated heterocycles. The number of para-hydroxylation sites is 1. The van der Waals surface area contributed by atoms with E-state index in [2.05, 4.69) is 10.1 Å². The second-order valence-corrected chi connectivity index (χ2v) is 7.65. The summed E-state index contributed by atoms with van der Waals surface area (Å²) in [7, 11) is 1.54. The topological polar surface area (TPSA) is 68.5 Å². The molecule has 31 heavy (non-hydrogen) atoms. The molecule has 0 radical (unpaired) electrons. The van der Waals surface area contributed by atoms with E-state index in [1.807, 2.05) is 36.4 Å². The molecule has 1 aliphatic heterocycles. The molecule has 0 N–H and O–H groups in total. The molecule has 1 aliphatic rings. The number of nitrogens with zero attached hydrogens (tertiary/aromatic N) is 3. The molecular weight excluding hydrogens is 404 g/mol. The number of piperidine rings is 1. The summed E-state index contributed by atoms with van der Waals surface area (Å²) >= 11 is 0. The van der Waals surface area contributed by atoms with Crippen LogP contribution in [0.25, 0.3) is 33.0 Å². The molecule has 0 bridgehead atoms. The number of pyridine rings is 1. The molecule has 158 valence electrons. The molecular formula is C23H19F2N3O3. The van der Waals surface area contributed by atoms with Crippen molar-refractivity contribution in [2.24, 2.45) is 0 Å². The Balaban J connectivity index is 1.49. The summed E-state index contributed by atoms with van der Waals surface area (Å²) in [5, 5.41) is 5.46. The number of carbonyl (C=O) groups is 1. The summed E-state index contributed by atoms with van der Waals surface area (Å²) in [5.74, 6) is -2.54. The van der Waals surface area contributed by atoms with Crippen LogP contribution in [0.2, 0.25) is 0 Å². The molecule has 0 unspecified atom stereocenters. The van der Waals surface area contributed by atoms with Crippen molar-refractivity contribution in [3.05, 3.63) is 54.2 Å². The Labute approximate surface area is 176 Å². The number of methoxy groups -OCH3 is 1. The first-order chi connectivity index (χ1) is 14.9. The average molecular weight is 423 g/mol. The second-order valence-electron chi connectivity index (χ2n) is 7.65. The Morgan fingerprint density at radius 1 is 1.16 bits per heavy atom. The van der Waals surface area contributed by atoms with Gasteiger partial charge in [0.2, 0.25) is 0 Å². The number of benzene rings is 2. The zero-order valence-electron chi connectivity index (χ0n) is 16.8. The van der Waals surface area contributed by atoms with E-state index >= 15 is 0 Å². The number of fused-ring (bicyclic) bond motifs is 2. The number of carbonyl (C=O) groups excluding carboxylic acids is 1. The lowest BCUT2D eigenvalue weighted by molar-refractivity contribution is -0.0494. The third kappa shape index (κ3) is 3.48. The number of amides is 1. The zero-order valence-corrected chi connectivity index (χ0v) is 16.8. The number of halogens is 2. The minimum absolute atomic E-state index is 0.0462. The molecule has 0 spiro atoms. The molecule has 6 nitrogen and oxygen atoms in total. The molecule has 0 aliphatic carbocycles. The standard InChI is InChI=1S/C23H19F2N3O3/c1-30-21-18-6-5-14(12-19(18)31-27-21)17-4-2-3-15-11-16(13-26-20(15)17)22(29)28-9-7-23(24,25)8-10-28/h2-6,11-13H,7-10H2,1H3. The van der Waals surface area contributed by atoms with Crippen molar-refractivity contribution in [1.82, 2.24) is 15.0 Å². The van der Waals surface area contributed by atoms with E-state index in [9.17, 15) is 13.6 Å². The smallest absolute Gasteiger partial charge is 0.261 e. The maximum atomic E-state index is 13.4. The van der Waals surface area contributed by atoms with Gasteiger partial charge in [-0.05, 0) is 28.9 Å². The number of hydrogen-bond acceptors (Lipinski definition) is 5. The van der Waals surface area contributed by atoms with E-state index in [0.717, 1.165) is 27.4 Å². The van der Waals surface area contributed by atoms with Crippen LogP contribution in [0.1, 0.15) is 23.2 Å². The maximum Gasteiger partial charge on any atom is 0.261 e. The summed E-state index contributed by atoms with van der Waals surface area (Å²) in [6.07, 6.45) is 0.897. The average Bonchev–Trinajstić information content (AvgIpc) is 3.20. The molecule has 2 aromatic heterocycles. The number of likely N-dealkylation sites (tertiary alicyclic amines) is 1. The van der Waals surface area contributed by atoms with Crippen LogP contribution in [0, 0.1) is 0 Å². The highest BCUT2D eigenvalue weighted by Gasteiger charge is 2.35. The first-order valence-corrected chi connectivity index (χ1v) is 9.95. The quantitative estimate of drug-likeness (QED) is 0.468.